The second kappa shape index (κ2) is 11.8. The van der Waals surface area contributed by atoms with E-state index in [9.17, 15) is 0 Å². The van der Waals surface area contributed by atoms with E-state index in [1.807, 2.05) is 19.2 Å². The van der Waals surface area contributed by atoms with Gasteiger partial charge in [0.15, 0.2) is 11.5 Å². The number of fused-ring (bicyclic) bond motifs is 1. The fraction of sp³-hybridized carbons (Fsp3) is 0.233. The Morgan fingerprint density at radius 2 is 1.72 bits per heavy atom. The number of benzene rings is 4. The number of rotatable bonds is 8. The number of halogens is 1. The molecule has 5 nitrogen and oxygen atoms in total. The second-order valence-electron chi connectivity index (χ2n) is 8.56. The molecule has 1 heterocycles. The van der Waals surface area contributed by atoms with Crippen molar-refractivity contribution in [2.45, 2.75) is 13.5 Å². The summed E-state index contributed by atoms with van der Waals surface area (Å²) in [6, 6.07) is 27.1. The first-order valence-electron chi connectivity index (χ1n) is 12.2. The Morgan fingerprint density at radius 1 is 0.944 bits per heavy atom. The Labute approximate surface area is 225 Å². The van der Waals surface area contributed by atoms with Crippen molar-refractivity contribution in [1.82, 2.24) is 0 Å². The van der Waals surface area contributed by atoms with Crippen LogP contribution in [0, 0.1) is 3.57 Å². The fourth-order valence-electron chi connectivity index (χ4n) is 4.35. The molecule has 4 aromatic carbocycles. The highest BCUT2D eigenvalue weighted by Crippen LogP contribution is 2.35. The van der Waals surface area contributed by atoms with Gasteiger partial charge in [0.2, 0.25) is 0 Å². The molecule has 0 unspecified atom stereocenters. The summed E-state index contributed by atoms with van der Waals surface area (Å²) in [5, 5.41) is 2.42. The zero-order valence-electron chi connectivity index (χ0n) is 20.3. The van der Waals surface area contributed by atoms with Gasteiger partial charge in [-0.3, -0.25) is 4.99 Å². The van der Waals surface area contributed by atoms with Crippen LogP contribution in [0.4, 0.5) is 11.4 Å². The lowest BCUT2D eigenvalue weighted by Gasteiger charge is -2.28. The van der Waals surface area contributed by atoms with Crippen molar-refractivity contribution in [1.29, 1.82) is 0 Å². The van der Waals surface area contributed by atoms with Crippen molar-refractivity contribution >= 4 is 51.0 Å². The normalized spacial score (nSPS) is 13.9. The van der Waals surface area contributed by atoms with Gasteiger partial charge in [-0.1, -0.05) is 42.5 Å². The number of morpholine rings is 1. The highest BCUT2D eigenvalue weighted by atomic mass is 127. The third-order valence-electron chi connectivity index (χ3n) is 6.17. The van der Waals surface area contributed by atoms with Crippen molar-refractivity contribution in [3.05, 3.63) is 93.6 Å². The van der Waals surface area contributed by atoms with E-state index in [-0.39, 0.29) is 0 Å². The van der Waals surface area contributed by atoms with E-state index in [1.165, 1.54) is 16.5 Å². The maximum absolute atomic E-state index is 6.31. The summed E-state index contributed by atoms with van der Waals surface area (Å²) >= 11 is 2.31. The van der Waals surface area contributed by atoms with Gasteiger partial charge in [0.1, 0.15) is 6.61 Å². The van der Waals surface area contributed by atoms with Crippen LogP contribution in [0.1, 0.15) is 18.1 Å². The van der Waals surface area contributed by atoms with E-state index in [1.54, 1.807) is 0 Å². The molecule has 1 aliphatic heterocycles. The molecule has 0 atom stereocenters. The van der Waals surface area contributed by atoms with Gasteiger partial charge >= 0.3 is 0 Å². The first-order chi connectivity index (χ1) is 17.7. The Morgan fingerprint density at radius 3 is 2.53 bits per heavy atom. The van der Waals surface area contributed by atoms with Crippen LogP contribution in [0.25, 0.3) is 10.8 Å². The van der Waals surface area contributed by atoms with Crippen molar-refractivity contribution in [3.63, 3.8) is 0 Å². The van der Waals surface area contributed by atoms with E-state index in [2.05, 4.69) is 100 Å². The number of hydrogen-bond donors (Lipinski definition) is 0. The van der Waals surface area contributed by atoms with Crippen molar-refractivity contribution < 1.29 is 14.2 Å². The van der Waals surface area contributed by atoms with E-state index in [0.29, 0.717) is 13.2 Å². The monoisotopic (exact) mass is 592 g/mol. The Bertz CT molecular complexity index is 1340. The van der Waals surface area contributed by atoms with E-state index >= 15 is 0 Å². The molecular formula is C30H29IN2O3. The van der Waals surface area contributed by atoms with Gasteiger partial charge in [-0.05, 0) is 87.8 Å². The van der Waals surface area contributed by atoms with Gasteiger partial charge < -0.3 is 19.1 Å². The Balaban J connectivity index is 1.32. The number of ether oxygens (including phenoxy) is 3. The summed E-state index contributed by atoms with van der Waals surface area (Å²) in [6.07, 6.45) is 1.88. The number of nitrogens with zero attached hydrogens (tertiary/aromatic N) is 2. The van der Waals surface area contributed by atoms with Crippen LogP contribution in [-0.4, -0.2) is 39.1 Å². The molecule has 0 aromatic heterocycles. The summed E-state index contributed by atoms with van der Waals surface area (Å²) < 4.78 is 18.7. The van der Waals surface area contributed by atoms with Crippen molar-refractivity contribution in [3.8, 4) is 11.5 Å². The van der Waals surface area contributed by atoms with Gasteiger partial charge in [-0.25, -0.2) is 0 Å². The van der Waals surface area contributed by atoms with Crippen molar-refractivity contribution in [2.24, 2.45) is 4.99 Å². The zero-order valence-corrected chi connectivity index (χ0v) is 22.5. The summed E-state index contributed by atoms with van der Waals surface area (Å²) in [6.45, 7) is 6.43. The average Bonchev–Trinajstić information content (AvgIpc) is 2.92. The highest BCUT2D eigenvalue weighted by molar-refractivity contribution is 14.1. The quantitative estimate of drug-likeness (QED) is 0.163. The minimum atomic E-state index is 0.473. The standard InChI is InChI=1S/C30H29IN2O3/c1-2-35-29-19-22(20-32-25-10-12-26(13-11-25)33-14-16-34-17-15-33)18-28(31)30(29)36-21-24-8-5-7-23-6-3-4-9-27(23)24/h3-13,18-20H,2,14-17,21H2,1H3. The SMILES string of the molecule is CCOc1cc(C=Nc2ccc(N3CCOCC3)cc2)cc(I)c1OCc1cccc2ccccc12. The number of hydrogen-bond acceptors (Lipinski definition) is 5. The van der Waals surface area contributed by atoms with E-state index in [0.717, 1.165) is 58.2 Å². The van der Waals surface area contributed by atoms with Gasteiger partial charge in [0.05, 0.1) is 29.1 Å². The molecular weight excluding hydrogens is 563 g/mol. The van der Waals surface area contributed by atoms with Crippen LogP contribution in [0.2, 0.25) is 0 Å². The Hall–Kier alpha value is -3.10. The zero-order chi connectivity index (χ0) is 24.7. The summed E-state index contributed by atoms with van der Waals surface area (Å²) in [5.41, 5.74) is 4.24. The molecule has 0 bridgehead atoms. The molecule has 0 aliphatic carbocycles. The van der Waals surface area contributed by atoms with Gasteiger partial charge in [-0.15, -0.1) is 0 Å². The summed E-state index contributed by atoms with van der Waals surface area (Å²) in [4.78, 5) is 7.03. The van der Waals surface area contributed by atoms with E-state index < -0.39 is 0 Å². The fourth-order valence-corrected chi connectivity index (χ4v) is 5.13. The van der Waals surface area contributed by atoms with E-state index in [4.69, 9.17) is 19.2 Å². The van der Waals surface area contributed by atoms with Gasteiger partial charge in [-0.2, -0.15) is 0 Å². The molecule has 36 heavy (non-hydrogen) atoms. The number of aliphatic imine (C=N–C) groups is 1. The molecule has 0 saturated carbocycles. The molecule has 1 saturated heterocycles. The van der Waals surface area contributed by atoms with Crippen LogP contribution < -0.4 is 14.4 Å². The predicted molar refractivity (Wildman–Crippen MR) is 155 cm³/mol. The molecule has 0 amide bonds. The minimum absolute atomic E-state index is 0.473. The minimum Gasteiger partial charge on any atom is -0.490 e. The molecule has 1 fully saturated rings. The first-order valence-corrected chi connectivity index (χ1v) is 13.3. The molecule has 4 aromatic rings. The predicted octanol–water partition coefficient (Wildman–Crippen LogP) is 7.01. The molecule has 0 N–H and O–H groups in total. The van der Waals surface area contributed by atoms with Crippen LogP contribution in [-0.2, 0) is 11.3 Å². The highest BCUT2D eigenvalue weighted by Gasteiger charge is 2.13. The van der Waals surface area contributed by atoms with Gasteiger partial charge in [0.25, 0.3) is 0 Å². The molecule has 0 radical (unpaired) electrons. The maximum atomic E-state index is 6.31. The Kier molecular flexibility index (Phi) is 8.03. The molecule has 0 spiro atoms. The van der Waals surface area contributed by atoms with Crippen molar-refractivity contribution in [2.75, 3.05) is 37.8 Å². The molecule has 184 valence electrons. The van der Waals surface area contributed by atoms with Crippen LogP contribution in [0.5, 0.6) is 11.5 Å². The topological polar surface area (TPSA) is 43.3 Å². The largest absolute Gasteiger partial charge is 0.490 e. The lowest BCUT2D eigenvalue weighted by atomic mass is 10.1. The van der Waals surface area contributed by atoms with Gasteiger partial charge in [0, 0.05) is 25.0 Å². The molecule has 5 rings (SSSR count). The number of anilines is 1. The van der Waals surface area contributed by atoms with Crippen LogP contribution in [0.15, 0.2) is 83.9 Å². The third-order valence-corrected chi connectivity index (χ3v) is 6.97. The second-order valence-corrected chi connectivity index (χ2v) is 9.73. The van der Waals surface area contributed by atoms with Crippen LogP contribution >= 0.6 is 22.6 Å². The third kappa shape index (κ3) is 5.82. The smallest absolute Gasteiger partial charge is 0.175 e. The lowest BCUT2D eigenvalue weighted by Crippen LogP contribution is -2.36. The summed E-state index contributed by atoms with van der Waals surface area (Å²) in [7, 11) is 0. The average molecular weight is 592 g/mol. The lowest BCUT2D eigenvalue weighted by molar-refractivity contribution is 0.122. The molecule has 6 heteroatoms. The summed E-state index contributed by atoms with van der Waals surface area (Å²) in [5.74, 6) is 1.49. The molecule has 1 aliphatic rings. The first kappa shape index (κ1) is 24.6. The van der Waals surface area contributed by atoms with Crippen LogP contribution in [0.3, 0.4) is 0 Å². The maximum Gasteiger partial charge on any atom is 0.175 e.